The van der Waals surface area contributed by atoms with Crippen LogP contribution in [0.2, 0.25) is 0 Å². The van der Waals surface area contributed by atoms with Gasteiger partial charge in [-0.1, -0.05) is 6.07 Å². The fourth-order valence-corrected chi connectivity index (χ4v) is 3.70. The number of carbonyl (C=O) groups excluding carboxylic acids is 1. The minimum Gasteiger partial charge on any atom is -0.492 e. The van der Waals surface area contributed by atoms with Crippen molar-refractivity contribution in [2.24, 2.45) is 0 Å². The van der Waals surface area contributed by atoms with Gasteiger partial charge < -0.3 is 9.47 Å². The lowest BCUT2D eigenvalue weighted by Crippen LogP contribution is -2.43. The van der Waals surface area contributed by atoms with Crippen molar-refractivity contribution in [3.8, 4) is 5.75 Å². The largest absolute Gasteiger partial charge is 0.492 e. The van der Waals surface area contributed by atoms with Crippen molar-refractivity contribution in [1.82, 2.24) is 4.90 Å². The maximum absolute atomic E-state index is 11.7. The molecule has 2 aliphatic heterocycles. The van der Waals surface area contributed by atoms with E-state index < -0.39 is 0 Å². The molecular formula is C17H23NO3. The first kappa shape index (κ1) is 14.4. The Balaban J connectivity index is 1.72. The Bertz CT molecular complexity index is 531. The number of ether oxygens (including phenoxy) is 2. The van der Waals surface area contributed by atoms with Crippen LogP contribution in [0.25, 0.3) is 0 Å². The van der Waals surface area contributed by atoms with Crippen molar-refractivity contribution in [1.29, 1.82) is 0 Å². The van der Waals surface area contributed by atoms with Gasteiger partial charge >= 0.3 is 5.97 Å². The Morgan fingerprint density at radius 3 is 2.67 bits per heavy atom. The van der Waals surface area contributed by atoms with Gasteiger partial charge in [0.1, 0.15) is 12.4 Å². The number of benzene rings is 1. The molecule has 3 rings (SSSR count). The molecule has 0 radical (unpaired) electrons. The molecule has 1 aromatic carbocycles. The second-order valence-electron chi connectivity index (χ2n) is 6.18. The smallest absolute Gasteiger partial charge is 0.338 e. The maximum atomic E-state index is 11.7. The van der Waals surface area contributed by atoms with E-state index >= 15 is 0 Å². The van der Waals surface area contributed by atoms with E-state index in [1.165, 1.54) is 45.9 Å². The summed E-state index contributed by atoms with van der Waals surface area (Å²) in [5.41, 5.74) is 1.73. The van der Waals surface area contributed by atoms with Gasteiger partial charge in [-0.05, 0) is 63.4 Å². The number of hydrogen-bond acceptors (Lipinski definition) is 4. The topological polar surface area (TPSA) is 38.8 Å². The molecule has 0 atom stereocenters. The summed E-state index contributed by atoms with van der Waals surface area (Å²) in [7, 11) is 1.41. The second-order valence-corrected chi connectivity index (χ2v) is 6.18. The van der Waals surface area contributed by atoms with Crippen LogP contribution in [0.5, 0.6) is 5.75 Å². The summed E-state index contributed by atoms with van der Waals surface area (Å²) < 4.78 is 10.9. The molecule has 0 N–H and O–H groups in total. The maximum Gasteiger partial charge on any atom is 0.338 e. The number of methoxy groups -OCH3 is 1. The zero-order valence-corrected chi connectivity index (χ0v) is 12.9. The molecule has 21 heavy (non-hydrogen) atoms. The monoisotopic (exact) mass is 289 g/mol. The van der Waals surface area contributed by atoms with Crippen molar-refractivity contribution in [3.05, 3.63) is 29.3 Å². The third kappa shape index (κ3) is 2.64. The van der Waals surface area contributed by atoms with Gasteiger partial charge in [-0.3, -0.25) is 4.90 Å². The number of esters is 1. The lowest BCUT2D eigenvalue weighted by molar-refractivity contribution is 0.0599. The molecule has 1 aromatic rings. The van der Waals surface area contributed by atoms with Gasteiger partial charge in [-0.2, -0.15) is 0 Å². The van der Waals surface area contributed by atoms with Crippen molar-refractivity contribution in [2.75, 3.05) is 26.8 Å². The van der Waals surface area contributed by atoms with Crippen LogP contribution in [0.1, 0.15) is 41.6 Å². The van der Waals surface area contributed by atoms with Gasteiger partial charge in [0.25, 0.3) is 0 Å². The minimum absolute atomic E-state index is 0.232. The van der Waals surface area contributed by atoms with Crippen LogP contribution < -0.4 is 4.74 Å². The van der Waals surface area contributed by atoms with Gasteiger partial charge in [-0.25, -0.2) is 4.79 Å². The zero-order chi connectivity index (χ0) is 14.9. The molecule has 0 unspecified atom stereocenters. The number of hydrogen-bond donors (Lipinski definition) is 0. The van der Waals surface area contributed by atoms with E-state index in [1.807, 2.05) is 19.1 Å². The summed E-state index contributed by atoms with van der Waals surface area (Å²) in [6.07, 6.45) is 4.99. The average Bonchev–Trinajstić information content (AvgIpc) is 3.05. The number of carbonyl (C=O) groups is 1. The molecule has 4 nitrogen and oxygen atoms in total. The highest BCUT2D eigenvalue weighted by molar-refractivity contribution is 5.91. The first-order valence-corrected chi connectivity index (χ1v) is 7.71. The van der Waals surface area contributed by atoms with E-state index in [0.717, 1.165) is 17.9 Å². The van der Waals surface area contributed by atoms with E-state index in [-0.39, 0.29) is 11.5 Å². The fourth-order valence-electron chi connectivity index (χ4n) is 3.70. The molecular weight excluding hydrogens is 266 g/mol. The molecule has 4 heteroatoms. The molecule has 114 valence electrons. The summed E-state index contributed by atoms with van der Waals surface area (Å²) in [5, 5.41) is 0. The quantitative estimate of drug-likeness (QED) is 0.799. The normalized spacial score (nSPS) is 20.3. The van der Waals surface area contributed by atoms with Crippen LogP contribution in [0.3, 0.4) is 0 Å². The van der Waals surface area contributed by atoms with Crippen molar-refractivity contribution >= 4 is 5.97 Å². The molecule has 0 aliphatic carbocycles. The standard InChI is InChI=1S/C17H23NO3/c1-13-5-6-14(11-15(13)16(19)20-2)21-12-17-7-3-9-18(17)10-4-8-17/h5-6,11H,3-4,7-10,12H2,1-2H3. The molecule has 2 saturated heterocycles. The Labute approximate surface area is 126 Å². The van der Waals surface area contributed by atoms with Gasteiger partial charge in [0.05, 0.1) is 18.2 Å². The van der Waals surface area contributed by atoms with Crippen LogP contribution in [0, 0.1) is 6.92 Å². The molecule has 2 heterocycles. The third-order valence-electron chi connectivity index (χ3n) is 4.93. The third-order valence-corrected chi connectivity index (χ3v) is 4.93. The number of aryl methyl sites for hydroxylation is 1. The van der Waals surface area contributed by atoms with Crippen LogP contribution >= 0.6 is 0 Å². The summed E-state index contributed by atoms with van der Waals surface area (Å²) in [6.45, 7) is 5.02. The predicted octanol–water partition coefficient (Wildman–Crippen LogP) is 2.79. The molecule has 0 spiro atoms. The van der Waals surface area contributed by atoms with Crippen LogP contribution in [0.4, 0.5) is 0 Å². The van der Waals surface area contributed by atoms with Gasteiger partial charge in [0, 0.05) is 0 Å². The average molecular weight is 289 g/mol. The SMILES string of the molecule is COC(=O)c1cc(OCC23CCCN2CCC3)ccc1C. The van der Waals surface area contributed by atoms with E-state index in [0.29, 0.717) is 5.56 Å². The summed E-state index contributed by atoms with van der Waals surface area (Å²) >= 11 is 0. The summed E-state index contributed by atoms with van der Waals surface area (Å²) in [4.78, 5) is 14.3. The molecule has 0 saturated carbocycles. The highest BCUT2D eigenvalue weighted by atomic mass is 16.5. The highest BCUT2D eigenvalue weighted by Crippen LogP contribution is 2.39. The van der Waals surface area contributed by atoms with Crippen molar-refractivity contribution < 1.29 is 14.3 Å². The van der Waals surface area contributed by atoms with E-state index in [2.05, 4.69) is 4.90 Å². The summed E-state index contributed by atoms with van der Waals surface area (Å²) in [6, 6.07) is 5.65. The number of fused-ring (bicyclic) bond motifs is 1. The van der Waals surface area contributed by atoms with E-state index in [4.69, 9.17) is 9.47 Å². The number of rotatable bonds is 4. The molecule has 0 bridgehead atoms. The lowest BCUT2D eigenvalue weighted by atomic mass is 9.95. The fraction of sp³-hybridized carbons (Fsp3) is 0.588. The van der Waals surface area contributed by atoms with Gasteiger partial charge in [-0.15, -0.1) is 0 Å². The first-order chi connectivity index (χ1) is 10.1. The highest BCUT2D eigenvalue weighted by Gasteiger charge is 2.44. The van der Waals surface area contributed by atoms with Crippen LogP contribution in [-0.2, 0) is 4.74 Å². The van der Waals surface area contributed by atoms with Crippen LogP contribution in [-0.4, -0.2) is 43.2 Å². The number of nitrogens with zero attached hydrogens (tertiary/aromatic N) is 1. The zero-order valence-electron chi connectivity index (χ0n) is 12.9. The van der Waals surface area contributed by atoms with Crippen LogP contribution in [0.15, 0.2) is 18.2 Å². The molecule has 0 amide bonds. The lowest BCUT2D eigenvalue weighted by Gasteiger charge is -2.31. The Morgan fingerprint density at radius 2 is 2.00 bits per heavy atom. The Morgan fingerprint density at radius 1 is 1.29 bits per heavy atom. The van der Waals surface area contributed by atoms with Crippen molar-refractivity contribution in [2.45, 2.75) is 38.1 Å². The van der Waals surface area contributed by atoms with E-state index in [1.54, 1.807) is 6.07 Å². The first-order valence-electron chi connectivity index (χ1n) is 7.71. The summed E-state index contributed by atoms with van der Waals surface area (Å²) in [5.74, 6) is 0.452. The van der Waals surface area contributed by atoms with Gasteiger partial charge in [0.15, 0.2) is 0 Å². The Kier molecular flexibility index (Phi) is 3.89. The van der Waals surface area contributed by atoms with Gasteiger partial charge in [0.2, 0.25) is 0 Å². The minimum atomic E-state index is -0.306. The Hall–Kier alpha value is -1.55. The predicted molar refractivity (Wildman–Crippen MR) is 80.8 cm³/mol. The van der Waals surface area contributed by atoms with Crippen molar-refractivity contribution in [3.63, 3.8) is 0 Å². The second kappa shape index (κ2) is 5.68. The van der Waals surface area contributed by atoms with E-state index in [9.17, 15) is 4.79 Å². The molecule has 0 aromatic heterocycles. The molecule has 2 fully saturated rings. The molecule has 2 aliphatic rings.